The molecule has 0 fully saturated rings. The third-order valence-electron chi connectivity index (χ3n) is 2.60. The third-order valence-corrected chi connectivity index (χ3v) is 2.60. The number of hydrogen-bond acceptors (Lipinski definition) is 3. The summed E-state index contributed by atoms with van der Waals surface area (Å²) in [6.07, 6.45) is 1.67. The van der Waals surface area contributed by atoms with Crippen LogP contribution >= 0.6 is 0 Å². The van der Waals surface area contributed by atoms with Gasteiger partial charge in [0.25, 0.3) is 5.56 Å². The van der Waals surface area contributed by atoms with Crippen molar-refractivity contribution in [1.82, 2.24) is 9.78 Å². The standard InChI is InChI=1S/C15H14N2O2/c1-12-9-15(19)17(16-10-12)11-14-6-4-13(5-7-14)3-2-8-18/h4-7,9-10,18H,8,11H2,1H3. The highest BCUT2D eigenvalue weighted by molar-refractivity contribution is 5.36. The fourth-order valence-electron chi connectivity index (χ4n) is 1.65. The van der Waals surface area contributed by atoms with Gasteiger partial charge >= 0.3 is 0 Å². The van der Waals surface area contributed by atoms with E-state index < -0.39 is 0 Å². The maximum atomic E-state index is 11.7. The van der Waals surface area contributed by atoms with Crippen molar-refractivity contribution in [3.63, 3.8) is 0 Å². The van der Waals surface area contributed by atoms with Crippen molar-refractivity contribution < 1.29 is 5.11 Å². The highest BCUT2D eigenvalue weighted by atomic mass is 16.2. The molecule has 2 rings (SSSR count). The maximum absolute atomic E-state index is 11.7. The molecule has 4 heteroatoms. The zero-order valence-corrected chi connectivity index (χ0v) is 10.6. The van der Waals surface area contributed by atoms with Crippen LogP contribution in [0.5, 0.6) is 0 Å². The molecule has 1 aromatic carbocycles. The minimum Gasteiger partial charge on any atom is -0.384 e. The number of benzene rings is 1. The minimum atomic E-state index is -0.148. The Kier molecular flexibility index (Phi) is 4.11. The van der Waals surface area contributed by atoms with Gasteiger partial charge in [0, 0.05) is 11.6 Å². The number of rotatable bonds is 2. The van der Waals surface area contributed by atoms with Gasteiger partial charge in [0.2, 0.25) is 0 Å². The molecule has 0 unspecified atom stereocenters. The summed E-state index contributed by atoms with van der Waals surface area (Å²) in [5.41, 5.74) is 2.56. The summed E-state index contributed by atoms with van der Waals surface area (Å²) < 4.78 is 1.42. The Morgan fingerprint density at radius 2 is 2.05 bits per heavy atom. The van der Waals surface area contributed by atoms with Gasteiger partial charge in [0.15, 0.2) is 0 Å². The molecule has 0 aliphatic carbocycles. The Balaban J connectivity index is 2.17. The number of aliphatic hydroxyl groups is 1. The zero-order valence-electron chi connectivity index (χ0n) is 10.6. The Morgan fingerprint density at radius 3 is 2.68 bits per heavy atom. The van der Waals surface area contributed by atoms with Crippen molar-refractivity contribution in [3.8, 4) is 11.8 Å². The van der Waals surface area contributed by atoms with Gasteiger partial charge in [-0.25, -0.2) is 4.68 Å². The lowest BCUT2D eigenvalue weighted by Gasteiger charge is -2.04. The molecule has 0 spiro atoms. The lowest BCUT2D eigenvalue weighted by atomic mass is 10.1. The first-order valence-electron chi connectivity index (χ1n) is 5.91. The molecule has 1 N–H and O–H groups in total. The Morgan fingerprint density at radius 1 is 1.32 bits per heavy atom. The van der Waals surface area contributed by atoms with Gasteiger partial charge < -0.3 is 5.11 Å². The molecule has 1 heterocycles. The predicted octanol–water partition coefficient (Wildman–Crippen LogP) is 0.944. The van der Waals surface area contributed by atoms with E-state index in [1.807, 2.05) is 31.2 Å². The van der Waals surface area contributed by atoms with Crippen LogP contribution in [0.1, 0.15) is 16.7 Å². The van der Waals surface area contributed by atoms with Gasteiger partial charge in [-0.1, -0.05) is 24.0 Å². The summed E-state index contributed by atoms with van der Waals surface area (Å²) in [5.74, 6) is 5.41. The van der Waals surface area contributed by atoms with Crippen LogP contribution < -0.4 is 5.56 Å². The summed E-state index contributed by atoms with van der Waals surface area (Å²) in [6, 6.07) is 9.08. The molecule has 19 heavy (non-hydrogen) atoms. The van der Waals surface area contributed by atoms with E-state index in [9.17, 15) is 4.79 Å². The average Bonchev–Trinajstić information content (AvgIpc) is 2.41. The molecule has 0 aliphatic heterocycles. The predicted molar refractivity (Wildman–Crippen MR) is 72.7 cm³/mol. The fourth-order valence-corrected chi connectivity index (χ4v) is 1.65. The molecule has 96 valence electrons. The Hall–Kier alpha value is -2.38. The molecular formula is C15H14N2O2. The molecule has 4 nitrogen and oxygen atoms in total. The summed E-state index contributed by atoms with van der Waals surface area (Å²) in [5, 5.41) is 12.7. The lowest BCUT2D eigenvalue weighted by molar-refractivity contribution is 0.350. The van der Waals surface area contributed by atoms with E-state index in [1.165, 1.54) is 4.68 Å². The SMILES string of the molecule is Cc1cnn(Cc2ccc(C#CCO)cc2)c(=O)c1. The second kappa shape index (κ2) is 5.98. The van der Waals surface area contributed by atoms with Crippen molar-refractivity contribution in [2.24, 2.45) is 0 Å². The molecule has 1 aromatic heterocycles. The van der Waals surface area contributed by atoms with Gasteiger partial charge in [-0.15, -0.1) is 0 Å². The average molecular weight is 254 g/mol. The van der Waals surface area contributed by atoms with E-state index in [1.54, 1.807) is 12.3 Å². The summed E-state index contributed by atoms with van der Waals surface area (Å²) in [4.78, 5) is 11.7. The first-order valence-corrected chi connectivity index (χ1v) is 5.91. The lowest BCUT2D eigenvalue weighted by Crippen LogP contribution is -2.22. The third kappa shape index (κ3) is 3.54. The first-order chi connectivity index (χ1) is 9.19. The molecular weight excluding hydrogens is 240 g/mol. The monoisotopic (exact) mass is 254 g/mol. The number of aryl methyl sites for hydroxylation is 1. The molecule has 0 radical (unpaired) electrons. The molecule has 2 aromatic rings. The van der Waals surface area contributed by atoms with E-state index in [0.717, 1.165) is 16.7 Å². The highest BCUT2D eigenvalue weighted by Crippen LogP contribution is 2.04. The number of aromatic nitrogens is 2. The van der Waals surface area contributed by atoms with Crippen LogP contribution in [0.3, 0.4) is 0 Å². The fraction of sp³-hybridized carbons (Fsp3) is 0.200. The second-order valence-electron chi connectivity index (χ2n) is 4.19. The van der Waals surface area contributed by atoms with Crippen LogP contribution in [-0.2, 0) is 6.54 Å². The highest BCUT2D eigenvalue weighted by Gasteiger charge is 1.99. The molecule has 0 atom stereocenters. The topological polar surface area (TPSA) is 55.1 Å². The summed E-state index contributed by atoms with van der Waals surface area (Å²) >= 11 is 0. The molecule has 0 aliphatic rings. The van der Waals surface area contributed by atoms with Crippen molar-refractivity contribution in [3.05, 3.63) is 63.6 Å². The van der Waals surface area contributed by atoms with E-state index in [4.69, 9.17) is 5.11 Å². The molecule has 0 saturated carbocycles. The van der Waals surface area contributed by atoms with E-state index in [0.29, 0.717) is 6.54 Å². The summed E-state index contributed by atoms with van der Waals surface area (Å²) in [6.45, 7) is 2.13. The van der Waals surface area contributed by atoms with Crippen LogP contribution in [-0.4, -0.2) is 21.5 Å². The van der Waals surface area contributed by atoms with Crippen LogP contribution in [0, 0.1) is 18.8 Å². The normalized spacial score (nSPS) is 9.79. The van der Waals surface area contributed by atoms with Crippen LogP contribution in [0.4, 0.5) is 0 Å². The Bertz CT molecular complexity index is 676. The number of aliphatic hydroxyl groups excluding tert-OH is 1. The number of hydrogen-bond donors (Lipinski definition) is 1. The van der Waals surface area contributed by atoms with Crippen LogP contribution in [0.2, 0.25) is 0 Å². The summed E-state index contributed by atoms with van der Waals surface area (Å²) in [7, 11) is 0. The van der Waals surface area contributed by atoms with Gasteiger partial charge in [-0.2, -0.15) is 5.10 Å². The van der Waals surface area contributed by atoms with Gasteiger partial charge in [-0.3, -0.25) is 4.79 Å². The Labute approximate surface area is 111 Å². The van der Waals surface area contributed by atoms with Crippen LogP contribution in [0.15, 0.2) is 41.3 Å². The van der Waals surface area contributed by atoms with Crippen molar-refractivity contribution in [2.45, 2.75) is 13.5 Å². The largest absolute Gasteiger partial charge is 0.384 e. The first kappa shape index (κ1) is 13.1. The van der Waals surface area contributed by atoms with E-state index in [2.05, 4.69) is 16.9 Å². The van der Waals surface area contributed by atoms with Gasteiger partial charge in [0.05, 0.1) is 12.7 Å². The quantitative estimate of drug-likeness (QED) is 0.812. The second-order valence-corrected chi connectivity index (χ2v) is 4.19. The van der Waals surface area contributed by atoms with E-state index in [-0.39, 0.29) is 12.2 Å². The maximum Gasteiger partial charge on any atom is 0.267 e. The smallest absolute Gasteiger partial charge is 0.267 e. The van der Waals surface area contributed by atoms with Gasteiger partial charge in [0.1, 0.15) is 6.61 Å². The van der Waals surface area contributed by atoms with Gasteiger partial charge in [-0.05, 0) is 30.2 Å². The van der Waals surface area contributed by atoms with E-state index >= 15 is 0 Å². The number of nitrogens with zero attached hydrogens (tertiary/aromatic N) is 2. The molecule has 0 amide bonds. The molecule has 0 bridgehead atoms. The van der Waals surface area contributed by atoms with Crippen molar-refractivity contribution >= 4 is 0 Å². The van der Waals surface area contributed by atoms with Crippen LogP contribution in [0.25, 0.3) is 0 Å². The van der Waals surface area contributed by atoms with Crippen molar-refractivity contribution in [1.29, 1.82) is 0 Å². The zero-order chi connectivity index (χ0) is 13.7. The molecule has 0 saturated heterocycles. The minimum absolute atomic E-state index is 0.107. The van der Waals surface area contributed by atoms with Crippen molar-refractivity contribution in [2.75, 3.05) is 6.61 Å².